The van der Waals surface area contributed by atoms with Crippen LogP contribution in [0.4, 0.5) is 16.2 Å². The minimum absolute atomic E-state index is 0.0251. The van der Waals surface area contributed by atoms with E-state index in [2.05, 4.69) is 15.3 Å². The summed E-state index contributed by atoms with van der Waals surface area (Å²) < 4.78 is 45.0. The standard InChI is InChI=1S/C20H26FN5O4S/c1-12(2)31(28,29)26-9-7-13(8-10-26)24-20-23-11-15(19(22)25-20)17(27)14-5-4-6-16(21)18(14)30-3/h4-6,11-13H,7-10H2,1-3H3,(H3,22,23,24,25). The Balaban J connectivity index is 1.70. The fourth-order valence-electron chi connectivity index (χ4n) is 3.42. The molecule has 0 spiro atoms. The van der Waals surface area contributed by atoms with Crippen LogP contribution in [-0.2, 0) is 10.0 Å². The Morgan fingerprint density at radius 2 is 1.97 bits per heavy atom. The number of nitrogens with two attached hydrogens (primary N) is 1. The molecule has 0 saturated carbocycles. The van der Waals surface area contributed by atoms with Crippen molar-refractivity contribution in [3.63, 3.8) is 0 Å². The Labute approximate surface area is 180 Å². The predicted molar refractivity (Wildman–Crippen MR) is 115 cm³/mol. The van der Waals surface area contributed by atoms with Crippen LogP contribution in [0.2, 0.25) is 0 Å². The lowest BCUT2D eigenvalue weighted by atomic mass is 10.0. The number of sulfonamides is 1. The number of methoxy groups -OCH3 is 1. The monoisotopic (exact) mass is 451 g/mol. The Hall–Kier alpha value is -2.79. The number of hydrogen-bond donors (Lipinski definition) is 2. The van der Waals surface area contributed by atoms with E-state index in [9.17, 15) is 17.6 Å². The molecule has 0 atom stereocenters. The highest BCUT2D eigenvalue weighted by Crippen LogP contribution is 2.27. The third-order valence-corrected chi connectivity index (χ3v) is 7.50. The van der Waals surface area contributed by atoms with E-state index in [1.54, 1.807) is 13.8 Å². The molecule has 31 heavy (non-hydrogen) atoms. The van der Waals surface area contributed by atoms with E-state index in [4.69, 9.17) is 10.5 Å². The number of halogens is 1. The van der Waals surface area contributed by atoms with E-state index in [1.165, 1.54) is 35.8 Å². The molecule has 1 aromatic heterocycles. The topological polar surface area (TPSA) is 128 Å². The van der Waals surface area contributed by atoms with Crippen molar-refractivity contribution >= 4 is 27.6 Å². The van der Waals surface area contributed by atoms with Crippen LogP contribution in [0, 0.1) is 5.82 Å². The molecule has 2 aromatic rings. The Bertz CT molecular complexity index is 1070. The molecule has 0 unspecified atom stereocenters. The van der Waals surface area contributed by atoms with E-state index < -0.39 is 26.9 Å². The fraction of sp³-hybridized carbons (Fsp3) is 0.450. The Morgan fingerprint density at radius 3 is 2.55 bits per heavy atom. The van der Waals surface area contributed by atoms with E-state index in [0.29, 0.717) is 25.9 Å². The lowest BCUT2D eigenvalue weighted by molar-refractivity contribution is 0.103. The number of nitrogen functional groups attached to an aromatic ring is 1. The number of piperidine rings is 1. The SMILES string of the molecule is COc1c(F)cccc1C(=O)c1cnc(NC2CCN(S(=O)(=O)C(C)C)CC2)nc1N. The van der Waals surface area contributed by atoms with E-state index in [0.717, 1.165) is 0 Å². The van der Waals surface area contributed by atoms with Crippen LogP contribution < -0.4 is 15.8 Å². The first-order chi connectivity index (χ1) is 14.6. The number of ether oxygens (including phenoxy) is 1. The smallest absolute Gasteiger partial charge is 0.224 e. The predicted octanol–water partition coefficient (Wildman–Crippen LogP) is 2.05. The zero-order valence-electron chi connectivity index (χ0n) is 17.6. The fourth-order valence-corrected chi connectivity index (χ4v) is 4.73. The summed E-state index contributed by atoms with van der Waals surface area (Å²) in [5.41, 5.74) is 6.03. The van der Waals surface area contributed by atoms with E-state index in [1.807, 2.05) is 0 Å². The van der Waals surface area contributed by atoms with Gasteiger partial charge in [-0.2, -0.15) is 4.98 Å². The van der Waals surface area contributed by atoms with Crippen molar-refractivity contribution in [3.05, 3.63) is 41.3 Å². The van der Waals surface area contributed by atoms with Gasteiger partial charge in [0.05, 0.1) is 23.5 Å². The van der Waals surface area contributed by atoms with Crippen LogP contribution in [0.25, 0.3) is 0 Å². The molecule has 11 heteroatoms. The molecule has 168 valence electrons. The molecular formula is C20H26FN5O4S. The second-order valence-corrected chi connectivity index (χ2v) is 10.0. The van der Waals surface area contributed by atoms with Crippen LogP contribution in [0.1, 0.15) is 42.6 Å². The zero-order valence-corrected chi connectivity index (χ0v) is 18.4. The molecule has 3 rings (SSSR count). The van der Waals surface area contributed by atoms with Gasteiger partial charge in [-0.1, -0.05) is 6.07 Å². The number of benzene rings is 1. The van der Waals surface area contributed by atoms with Crippen LogP contribution in [0.15, 0.2) is 24.4 Å². The van der Waals surface area contributed by atoms with Crippen molar-refractivity contribution in [1.82, 2.24) is 14.3 Å². The molecule has 0 radical (unpaired) electrons. The maximum Gasteiger partial charge on any atom is 0.224 e. The van der Waals surface area contributed by atoms with Gasteiger partial charge in [0.15, 0.2) is 11.6 Å². The average molecular weight is 452 g/mol. The first-order valence-corrected chi connectivity index (χ1v) is 11.4. The van der Waals surface area contributed by atoms with Gasteiger partial charge in [-0.15, -0.1) is 0 Å². The van der Waals surface area contributed by atoms with Crippen molar-refractivity contribution in [2.45, 2.75) is 38.0 Å². The summed E-state index contributed by atoms with van der Waals surface area (Å²) in [6, 6.07) is 4.02. The normalized spacial score (nSPS) is 15.8. The minimum Gasteiger partial charge on any atom is -0.493 e. The second-order valence-electron chi connectivity index (χ2n) is 7.55. The molecule has 0 aliphatic carbocycles. The number of nitrogens with one attached hydrogen (secondary N) is 1. The molecule has 1 aromatic carbocycles. The van der Waals surface area contributed by atoms with Gasteiger partial charge < -0.3 is 15.8 Å². The lowest BCUT2D eigenvalue weighted by Gasteiger charge is -2.32. The molecule has 1 fully saturated rings. The van der Waals surface area contributed by atoms with Crippen LogP contribution in [-0.4, -0.2) is 60.0 Å². The highest BCUT2D eigenvalue weighted by Gasteiger charge is 2.30. The summed E-state index contributed by atoms with van der Waals surface area (Å²) in [7, 11) is -2.00. The van der Waals surface area contributed by atoms with Gasteiger partial charge in [0.25, 0.3) is 0 Å². The summed E-state index contributed by atoms with van der Waals surface area (Å²) in [4.78, 5) is 21.1. The van der Waals surface area contributed by atoms with Crippen molar-refractivity contribution in [2.75, 3.05) is 31.2 Å². The summed E-state index contributed by atoms with van der Waals surface area (Å²) in [5, 5.41) is 2.68. The van der Waals surface area contributed by atoms with Gasteiger partial charge in [-0.05, 0) is 38.8 Å². The molecule has 3 N–H and O–H groups in total. The molecule has 0 bridgehead atoms. The first-order valence-electron chi connectivity index (χ1n) is 9.90. The molecule has 1 aliphatic rings. The number of rotatable bonds is 7. The Kier molecular flexibility index (Phi) is 6.75. The molecule has 9 nitrogen and oxygen atoms in total. The van der Waals surface area contributed by atoms with Crippen LogP contribution in [0.3, 0.4) is 0 Å². The number of para-hydroxylation sites is 1. The van der Waals surface area contributed by atoms with Crippen LogP contribution in [0.5, 0.6) is 5.75 Å². The Morgan fingerprint density at radius 1 is 1.29 bits per heavy atom. The molecule has 2 heterocycles. The number of nitrogens with zero attached hydrogens (tertiary/aromatic N) is 3. The number of carbonyl (C=O) groups excluding carboxylic acids is 1. The quantitative estimate of drug-likeness (QED) is 0.612. The van der Waals surface area contributed by atoms with Gasteiger partial charge in [0.1, 0.15) is 5.82 Å². The number of aromatic nitrogens is 2. The first kappa shape index (κ1) is 22.9. The van der Waals surface area contributed by atoms with Gasteiger partial charge in [0.2, 0.25) is 21.8 Å². The van der Waals surface area contributed by atoms with Gasteiger partial charge in [0, 0.05) is 25.3 Å². The average Bonchev–Trinajstić information content (AvgIpc) is 2.73. The summed E-state index contributed by atoms with van der Waals surface area (Å²) in [6.07, 6.45) is 2.47. The third kappa shape index (κ3) is 4.77. The van der Waals surface area contributed by atoms with E-state index >= 15 is 0 Å². The molecule has 0 amide bonds. The highest BCUT2D eigenvalue weighted by molar-refractivity contribution is 7.89. The summed E-state index contributed by atoms with van der Waals surface area (Å²) in [5.74, 6) is -1.18. The molecular weight excluding hydrogens is 425 g/mol. The number of hydrogen-bond acceptors (Lipinski definition) is 8. The van der Waals surface area contributed by atoms with Gasteiger partial charge in [-0.3, -0.25) is 4.79 Å². The number of ketones is 1. The summed E-state index contributed by atoms with van der Waals surface area (Å²) in [6.45, 7) is 4.14. The largest absolute Gasteiger partial charge is 0.493 e. The molecule has 1 saturated heterocycles. The molecule has 1 aliphatic heterocycles. The maximum atomic E-state index is 13.9. The summed E-state index contributed by atoms with van der Waals surface area (Å²) >= 11 is 0. The maximum absolute atomic E-state index is 13.9. The lowest BCUT2D eigenvalue weighted by Crippen LogP contribution is -2.45. The van der Waals surface area contributed by atoms with Crippen LogP contribution >= 0.6 is 0 Å². The second kappa shape index (κ2) is 9.15. The van der Waals surface area contributed by atoms with Crippen molar-refractivity contribution in [2.24, 2.45) is 0 Å². The van der Waals surface area contributed by atoms with Crippen molar-refractivity contribution in [1.29, 1.82) is 0 Å². The minimum atomic E-state index is -3.27. The van der Waals surface area contributed by atoms with Gasteiger partial charge in [-0.25, -0.2) is 22.1 Å². The van der Waals surface area contributed by atoms with Crippen molar-refractivity contribution < 1.29 is 22.3 Å². The zero-order chi connectivity index (χ0) is 22.8. The van der Waals surface area contributed by atoms with Gasteiger partial charge >= 0.3 is 0 Å². The van der Waals surface area contributed by atoms with Crippen molar-refractivity contribution in [3.8, 4) is 5.75 Å². The number of carbonyl (C=O) groups is 1. The highest BCUT2D eigenvalue weighted by atomic mass is 32.2. The number of anilines is 2. The third-order valence-electron chi connectivity index (χ3n) is 5.22. The van der Waals surface area contributed by atoms with E-state index in [-0.39, 0.29) is 34.7 Å².